The zero-order valence-corrected chi connectivity index (χ0v) is 9.03. The fourth-order valence-corrected chi connectivity index (χ4v) is 1.46. The van der Waals surface area contributed by atoms with E-state index in [2.05, 4.69) is 12.0 Å². The number of rotatable bonds is 3. The van der Waals surface area contributed by atoms with E-state index in [-0.39, 0.29) is 0 Å². The van der Waals surface area contributed by atoms with Gasteiger partial charge in [-0.2, -0.15) is 5.10 Å². The zero-order valence-electron chi connectivity index (χ0n) is 9.03. The number of hydrogen-bond donors (Lipinski definition) is 1. The van der Waals surface area contributed by atoms with Crippen LogP contribution in [0.1, 0.15) is 24.0 Å². The maximum absolute atomic E-state index is 5.85. The average molecular weight is 205 g/mol. The van der Waals surface area contributed by atoms with Crippen molar-refractivity contribution in [1.29, 1.82) is 0 Å². The molecule has 0 aliphatic carbocycles. The van der Waals surface area contributed by atoms with Crippen molar-refractivity contribution >= 4 is 5.82 Å². The molecule has 0 saturated heterocycles. The lowest BCUT2D eigenvalue weighted by molar-refractivity contribution is 0.449. The van der Waals surface area contributed by atoms with Gasteiger partial charge < -0.3 is 10.2 Å². The third kappa shape index (κ3) is 1.88. The van der Waals surface area contributed by atoms with Crippen LogP contribution in [0.25, 0.3) is 0 Å². The van der Waals surface area contributed by atoms with Gasteiger partial charge in [0.15, 0.2) is 0 Å². The number of nitrogens with zero attached hydrogens (tertiary/aromatic N) is 2. The summed E-state index contributed by atoms with van der Waals surface area (Å²) < 4.78 is 7.33. The van der Waals surface area contributed by atoms with E-state index in [9.17, 15) is 0 Å². The molecule has 0 atom stereocenters. The summed E-state index contributed by atoms with van der Waals surface area (Å²) in [6, 6.07) is 3.96. The summed E-state index contributed by atoms with van der Waals surface area (Å²) in [5, 5.41) is 4.18. The van der Waals surface area contributed by atoms with Crippen molar-refractivity contribution in [3.8, 4) is 0 Å². The van der Waals surface area contributed by atoms with E-state index in [1.807, 2.05) is 19.1 Å². The molecular formula is C11H15N3O. The van der Waals surface area contributed by atoms with Gasteiger partial charge in [-0.1, -0.05) is 6.92 Å². The first-order valence-electron chi connectivity index (χ1n) is 5.06. The van der Waals surface area contributed by atoms with Crippen LogP contribution in [-0.4, -0.2) is 9.78 Å². The Balaban J connectivity index is 2.18. The molecule has 15 heavy (non-hydrogen) atoms. The molecule has 0 aliphatic heterocycles. The molecule has 2 N–H and O–H groups in total. The maximum atomic E-state index is 5.85. The highest BCUT2D eigenvalue weighted by atomic mass is 16.3. The van der Waals surface area contributed by atoms with Gasteiger partial charge in [0, 0.05) is 12.0 Å². The van der Waals surface area contributed by atoms with E-state index in [4.69, 9.17) is 10.2 Å². The van der Waals surface area contributed by atoms with E-state index >= 15 is 0 Å². The van der Waals surface area contributed by atoms with E-state index in [1.54, 1.807) is 10.9 Å². The monoisotopic (exact) mass is 205 g/mol. The highest BCUT2D eigenvalue weighted by Crippen LogP contribution is 2.14. The molecule has 4 heteroatoms. The lowest BCUT2D eigenvalue weighted by Gasteiger charge is -2.01. The molecule has 80 valence electrons. The van der Waals surface area contributed by atoms with Crippen LogP contribution in [-0.2, 0) is 13.0 Å². The molecule has 2 heterocycles. The van der Waals surface area contributed by atoms with Crippen LogP contribution in [0.4, 0.5) is 5.82 Å². The largest absolute Gasteiger partial charge is 0.464 e. The quantitative estimate of drug-likeness (QED) is 0.833. The van der Waals surface area contributed by atoms with Gasteiger partial charge in [-0.25, -0.2) is 4.68 Å². The standard InChI is InChI=1S/C11H15N3O/c1-3-9-4-5-10(15-9)7-14-11(12)8(2)6-13-14/h4-6H,3,7,12H2,1-2H3. The molecule has 2 aromatic heterocycles. The second-order valence-electron chi connectivity index (χ2n) is 3.59. The molecule has 0 aliphatic rings. The van der Waals surface area contributed by atoms with Gasteiger partial charge in [-0.15, -0.1) is 0 Å². The summed E-state index contributed by atoms with van der Waals surface area (Å²) >= 11 is 0. The Morgan fingerprint density at radius 1 is 1.40 bits per heavy atom. The predicted octanol–water partition coefficient (Wildman–Crippen LogP) is 1.98. The molecule has 0 saturated carbocycles. The van der Waals surface area contributed by atoms with Gasteiger partial charge in [-0.05, 0) is 19.1 Å². The number of aryl methyl sites for hydroxylation is 2. The van der Waals surface area contributed by atoms with Crippen molar-refractivity contribution < 1.29 is 4.42 Å². The molecule has 0 unspecified atom stereocenters. The van der Waals surface area contributed by atoms with Crippen LogP contribution < -0.4 is 5.73 Å². The molecular weight excluding hydrogens is 190 g/mol. The first kappa shape index (κ1) is 9.83. The van der Waals surface area contributed by atoms with Crippen molar-refractivity contribution in [2.24, 2.45) is 0 Å². The normalized spacial score (nSPS) is 10.8. The Bertz CT molecular complexity index is 456. The lowest BCUT2D eigenvalue weighted by Crippen LogP contribution is -2.05. The third-order valence-corrected chi connectivity index (χ3v) is 2.44. The summed E-state index contributed by atoms with van der Waals surface area (Å²) in [5.74, 6) is 2.58. The third-order valence-electron chi connectivity index (χ3n) is 2.44. The summed E-state index contributed by atoms with van der Waals surface area (Å²) in [6.07, 6.45) is 2.67. The molecule has 0 spiro atoms. The van der Waals surface area contributed by atoms with Gasteiger partial charge in [0.25, 0.3) is 0 Å². The fourth-order valence-electron chi connectivity index (χ4n) is 1.46. The summed E-state index contributed by atoms with van der Waals surface area (Å²) in [7, 11) is 0. The van der Waals surface area contributed by atoms with Crippen LogP contribution in [0.3, 0.4) is 0 Å². The number of nitrogens with two attached hydrogens (primary N) is 1. The topological polar surface area (TPSA) is 57.0 Å². The van der Waals surface area contributed by atoms with E-state index in [1.165, 1.54) is 0 Å². The van der Waals surface area contributed by atoms with E-state index in [0.29, 0.717) is 12.4 Å². The van der Waals surface area contributed by atoms with Crippen LogP contribution >= 0.6 is 0 Å². The number of aromatic nitrogens is 2. The molecule has 4 nitrogen and oxygen atoms in total. The maximum Gasteiger partial charge on any atom is 0.125 e. The molecule has 0 fully saturated rings. The molecule has 2 aromatic rings. The molecule has 0 aromatic carbocycles. The Morgan fingerprint density at radius 2 is 2.13 bits per heavy atom. The SMILES string of the molecule is CCc1ccc(Cn2ncc(C)c2N)o1. The van der Waals surface area contributed by atoms with Gasteiger partial charge in [0.05, 0.1) is 6.20 Å². The smallest absolute Gasteiger partial charge is 0.125 e. The molecule has 0 radical (unpaired) electrons. The van der Waals surface area contributed by atoms with Crippen LogP contribution in [0.15, 0.2) is 22.7 Å². The minimum Gasteiger partial charge on any atom is -0.464 e. The van der Waals surface area contributed by atoms with E-state index < -0.39 is 0 Å². The van der Waals surface area contributed by atoms with Gasteiger partial charge >= 0.3 is 0 Å². The van der Waals surface area contributed by atoms with Gasteiger partial charge in [0.2, 0.25) is 0 Å². The Kier molecular flexibility index (Phi) is 2.49. The number of nitrogen functional groups attached to an aromatic ring is 1. The van der Waals surface area contributed by atoms with Crippen molar-refractivity contribution in [3.63, 3.8) is 0 Å². The highest BCUT2D eigenvalue weighted by Gasteiger charge is 2.06. The fraction of sp³-hybridized carbons (Fsp3) is 0.364. The number of furan rings is 1. The van der Waals surface area contributed by atoms with Crippen molar-refractivity contribution in [2.75, 3.05) is 5.73 Å². The predicted molar refractivity (Wildman–Crippen MR) is 58.6 cm³/mol. The Labute approximate surface area is 88.7 Å². The molecule has 0 bridgehead atoms. The zero-order chi connectivity index (χ0) is 10.8. The Hall–Kier alpha value is -1.71. The second kappa shape index (κ2) is 3.81. The number of anilines is 1. The lowest BCUT2D eigenvalue weighted by atomic mass is 10.3. The van der Waals surface area contributed by atoms with Crippen LogP contribution in [0, 0.1) is 6.92 Å². The number of hydrogen-bond acceptors (Lipinski definition) is 3. The second-order valence-corrected chi connectivity index (χ2v) is 3.59. The average Bonchev–Trinajstić information content (AvgIpc) is 2.80. The molecule has 0 amide bonds. The van der Waals surface area contributed by atoms with Crippen molar-refractivity contribution in [2.45, 2.75) is 26.8 Å². The van der Waals surface area contributed by atoms with Crippen LogP contribution in [0.2, 0.25) is 0 Å². The summed E-state index contributed by atoms with van der Waals surface area (Å²) in [4.78, 5) is 0. The minimum atomic E-state index is 0.597. The van der Waals surface area contributed by atoms with E-state index in [0.717, 1.165) is 23.5 Å². The summed E-state index contributed by atoms with van der Waals surface area (Å²) in [5.41, 5.74) is 6.85. The van der Waals surface area contributed by atoms with Crippen molar-refractivity contribution in [1.82, 2.24) is 9.78 Å². The minimum absolute atomic E-state index is 0.597. The highest BCUT2D eigenvalue weighted by molar-refractivity contribution is 5.37. The van der Waals surface area contributed by atoms with Gasteiger partial charge in [0.1, 0.15) is 23.9 Å². The first-order chi connectivity index (χ1) is 7.20. The first-order valence-corrected chi connectivity index (χ1v) is 5.06. The molecule has 2 rings (SSSR count). The van der Waals surface area contributed by atoms with Crippen LogP contribution in [0.5, 0.6) is 0 Å². The van der Waals surface area contributed by atoms with Gasteiger partial charge in [-0.3, -0.25) is 0 Å². The van der Waals surface area contributed by atoms with Crippen molar-refractivity contribution in [3.05, 3.63) is 35.4 Å². The summed E-state index contributed by atoms with van der Waals surface area (Å²) in [6.45, 7) is 4.60. The Morgan fingerprint density at radius 3 is 2.67 bits per heavy atom.